The average Bonchev–Trinajstić information content (AvgIpc) is 2.73. The van der Waals surface area contributed by atoms with Crippen LogP contribution in [0.4, 0.5) is 5.69 Å². The molecule has 0 saturated carbocycles. The van der Waals surface area contributed by atoms with Gasteiger partial charge in [0.05, 0.1) is 18.9 Å². The van der Waals surface area contributed by atoms with Crippen LogP contribution in [0.15, 0.2) is 54.6 Å². The molecule has 4 rings (SSSR count). The van der Waals surface area contributed by atoms with E-state index in [0.29, 0.717) is 19.5 Å². The second kappa shape index (κ2) is 7.06. The van der Waals surface area contributed by atoms with E-state index >= 15 is 0 Å². The van der Waals surface area contributed by atoms with Crippen molar-refractivity contribution in [2.45, 2.75) is 19.3 Å². The Morgan fingerprint density at radius 2 is 1.81 bits per heavy atom. The van der Waals surface area contributed by atoms with Gasteiger partial charge < -0.3 is 14.5 Å². The molecule has 5 heteroatoms. The van der Waals surface area contributed by atoms with Crippen molar-refractivity contribution in [3.8, 4) is 5.75 Å². The van der Waals surface area contributed by atoms with Crippen molar-refractivity contribution in [1.29, 1.82) is 0 Å². The Bertz CT molecular complexity index is 842. The Kier molecular flexibility index (Phi) is 4.60. The van der Waals surface area contributed by atoms with Gasteiger partial charge in [-0.2, -0.15) is 0 Å². The summed E-state index contributed by atoms with van der Waals surface area (Å²) >= 11 is 0. The number of methoxy groups -OCH3 is 1. The summed E-state index contributed by atoms with van der Waals surface area (Å²) in [5.74, 6) is 1.08. The van der Waals surface area contributed by atoms with Gasteiger partial charge in [0.2, 0.25) is 11.8 Å². The Morgan fingerprint density at radius 1 is 1.07 bits per heavy atom. The van der Waals surface area contributed by atoms with Gasteiger partial charge >= 0.3 is 0 Å². The number of hydrogen-bond acceptors (Lipinski definition) is 3. The van der Waals surface area contributed by atoms with E-state index in [1.807, 2.05) is 64.4 Å². The van der Waals surface area contributed by atoms with Gasteiger partial charge in [-0.05, 0) is 42.7 Å². The Balaban J connectivity index is 1.34. The highest BCUT2D eigenvalue weighted by atomic mass is 16.5. The number of anilines is 1. The number of piperidine rings is 1. The Labute approximate surface area is 159 Å². The van der Waals surface area contributed by atoms with Gasteiger partial charge in [-0.25, -0.2) is 0 Å². The molecule has 2 aliphatic rings. The lowest BCUT2D eigenvalue weighted by atomic mass is 9.70. The molecular weight excluding hydrogens is 340 g/mol. The largest absolute Gasteiger partial charge is 0.497 e. The van der Waals surface area contributed by atoms with Crippen LogP contribution in [0.25, 0.3) is 0 Å². The summed E-state index contributed by atoms with van der Waals surface area (Å²) in [4.78, 5) is 29.2. The second-order valence-corrected chi connectivity index (χ2v) is 7.42. The van der Waals surface area contributed by atoms with Crippen molar-refractivity contribution in [3.63, 3.8) is 0 Å². The van der Waals surface area contributed by atoms with Crippen LogP contribution in [0, 0.1) is 5.41 Å². The monoisotopic (exact) mass is 364 g/mol. The lowest BCUT2D eigenvalue weighted by Crippen LogP contribution is -2.65. The number of carbonyl (C=O) groups excluding carboxylic acids is 2. The van der Waals surface area contributed by atoms with Gasteiger partial charge in [-0.1, -0.05) is 30.3 Å². The molecule has 0 radical (unpaired) electrons. The molecule has 2 saturated heterocycles. The van der Waals surface area contributed by atoms with Crippen LogP contribution in [0.5, 0.6) is 5.75 Å². The van der Waals surface area contributed by atoms with Crippen LogP contribution >= 0.6 is 0 Å². The fourth-order valence-electron chi connectivity index (χ4n) is 4.08. The molecule has 0 bridgehead atoms. The van der Waals surface area contributed by atoms with Gasteiger partial charge in [0, 0.05) is 25.3 Å². The number of nitrogens with zero attached hydrogens (tertiary/aromatic N) is 2. The number of likely N-dealkylation sites (tertiary alicyclic amines) is 1. The van der Waals surface area contributed by atoms with Gasteiger partial charge in [-0.3, -0.25) is 9.59 Å². The van der Waals surface area contributed by atoms with Gasteiger partial charge in [0.15, 0.2) is 0 Å². The molecule has 140 valence electrons. The molecular formula is C22H24N2O3. The highest BCUT2D eigenvalue weighted by Gasteiger charge is 2.53. The lowest BCUT2D eigenvalue weighted by Gasteiger charge is -2.52. The third-order valence-corrected chi connectivity index (χ3v) is 5.79. The minimum atomic E-state index is -0.275. The van der Waals surface area contributed by atoms with Crippen molar-refractivity contribution >= 4 is 17.5 Å². The molecule has 0 atom stereocenters. The third kappa shape index (κ3) is 3.29. The van der Waals surface area contributed by atoms with E-state index in [1.165, 1.54) is 0 Å². The van der Waals surface area contributed by atoms with E-state index in [1.54, 1.807) is 7.11 Å². The number of benzene rings is 2. The summed E-state index contributed by atoms with van der Waals surface area (Å²) < 4.78 is 5.22. The van der Waals surface area contributed by atoms with E-state index in [2.05, 4.69) is 0 Å². The van der Waals surface area contributed by atoms with E-state index in [4.69, 9.17) is 4.74 Å². The summed E-state index contributed by atoms with van der Waals surface area (Å²) in [5.41, 5.74) is 1.64. The first-order chi connectivity index (χ1) is 13.1. The summed E-state index contributed by atoms with van der Waals surface area (Å²) in [7, 11) is 1.62. The number of β-lactam (4-membered cyclic amide) rings is 1. The fraction of sp³-hybridized carbons (Fsp3) is 0.364. The smallest absolute Gasteiger partial charge is 0.235 e. The van der Waals surface area contributed by atoms with Crippen molar-refractivity contribution in [1.82, 2.24) is 4.90 Å². The van der Waals surface area contributed by atoms with Crippen molar-refractivity contribution in [3.05, 3.63) is 60.2 Å². The summed E-state index contributed by atoms with van der Waals surface area (Å²) in [6.45, 7) is 2.06. The van der Waals surface area contributed by atoms with E-state index < -0.39 is 0 Å². The minimum Gasteiger partial charge on any atom is -0.497 e. The number of hydrogen-bond donors (Lipinski definition) is 0. The Morgan fingerprint density at radius 3 is 2.48 bits per heavy atom. The predicted molar refractivity (Wildman–Crippen MR) is 104 cm³/mol. The van der Waals surface area contributed by atoms with Crippen molar-refractivity contribution in [2.24, 2.45) is 5.41 Å². The fourth-order valence-corrected chi connectivity index (χ4v) is 4.08. The maximum absolute atomic E-state index is 12.8. The summed E-state index contributed by atoms with van der Waals surface area (Å²) in [5, 5.41) is 0. The molecule has 2 fully saturated rings. The van der Waals surface area contributed by atoms with E-state index in [-0.39, 0.29) is 17.2 Å². The molecule has 2 aromatic rings. The second-order valence-electron chi connectivity index (χ2n) is 7.42. The van der Waals surface area contributed by atoms with Crippen LogP contribution in [-0.2, 0) is 16.0 Å². The molecule has 2 amide bonds. The van der Waals surface area contributed by atoms with Crippen molar-refractivity contribution in [2.75, 3.05) is 31.6 Å². The molecule has 5 nitrogen and oxygen atoms in total. The number of carbonyl (C=O) groups is 2. The molecule has 0 unspecified atom stereocenters. The molecule has 27 heavy (non-hydrogen) atoms. The van der Waals surface area contributed by atoms with Crippen LogP contribution in [0.2, 0.25) is 0 Å². The lowest BCUT2D eigenvalue weighted by molar-refractivity contribution is -0.143. The number of rotatable bonds is 4. The topological polar surface area (TPSA) is 49.9 Å². The molecule has 0 aliphatic carbocycles. The third-order valence-electron chi connectivity index (χ3n) is 5.79. The normalized spacial score (nSPS) is 18.3. The standard InChI is InChI=1S/C22H24N2O3/c1-27-19-9-5-6-17(14-19)15-20(25)23-12-10-22(11-13-23)16-24(21(22)26)18-7-3-2-4-8-18/h2-9,14H,10-13,15-16H2,1H3. The first-order valence-corrected chi connectivity index (χ1v) is 9.39. The van der Waals surface area contributed by atoms with Crippen LogP contribution in [-0.4, -0.2) is 43.5 Å². The first kappa shape index (κ1) is 17.6. The number of amides is 2. The maximum atomic E-state index is 12.8. The Hall–Kier alpha value is -2.82. The zero-order valence-corrected chi connectivity index (χ0v) is 15.6. The molecule has 2 aliphatic heterocycles. The van der Waals surface area contributed by atoms with Crippen LogP contribution in [0.3, 0.4) is 0 Å². The quantitative estimate of drug-likeness (QED) is 0.784. The zero-order chi connectivity index (χ0) is 18.9. The van der Waals surface area contributed by atoms with Crippen molar-refractivity contribution < 1.29 is 14.3 Å². The summed E-state index contributed by atoms with van der Waals surface area (Å²) in [6, 6.07) is 17.4. The molecule has 2 aromatic carbocycles. The van der Waals surface area contributed by atoms with Gasteiger partial charge in [0.1, 0.15) is 5.75 Å². The molecule has 0 N–H and O–H groups in total. The predicted octanol–water partition coefficient (Wildman–Crippen LogP) is 2.89. The molecule has 1 spiro atoms. The summed E-state index contributed by atoms with van der Waals surface area (Å²) in [6.07, 6.45) is 1.87. The highest BCUT2D eigenvalue weighted by Crippen LogP contribution is 2.43. The zero-order valence-electron chi connectivity index (χ0n) is 15.6. The van der Waals surface area contributed by atoms with E-state index in [9.17, 15) is 9.59 Å². The number of ether oxygens (including phenoxy) is 1. The van der Waals surface area contributed by atoms with E-state index in [0.717, 1.165) is 36.4 Å². The van der Waals surface area contributed by atoms with Gasteiger partial charge in [0.25, 0.3) is 0 Å². The van der Waals surface area contributed by atoms with Crippen LogP contribution in [0.1, 0.15) is 18.4 Å². The highest BCUT2D eigenvalue weighted by molar-refractivity contribution is 6.04. The molecule has 2 heterocycles. The van der Waals surface area contributed by atoms with Crippen LogP contribution < -0.4 is 9.64 Å². The SMILES string of the molecule is COc1cccc(CC(=O)N2CCC3(CC2)CN(c2ccccc2)C3=O)c1. The maximum Gasteiger partial charge on any atom is 0.235 e. The first-order valence-electron chi connectivity index (χ1n) is 9.39. The number of para-hydroxylation sites is 1. The minimum absolute atomic E-state index is 0.116. The molecule has 0 aromatic heterocycles. The average molecular weight is 364 g/mol. The van der Waals surface area contributed by atoms with Gasteiger partial charge in [-0.15, -0.1) is 0 Å².